The lowest BCUT2D eigenvalue weighted by molar-refractivity contribution is -0.122. The molecule has 0 unspecified atom stereocenters. The molecule has 2 aromatic carbocycles. The molecular formula is C21H15ClN5O4. The molecule has 1 aromatic heterocycles. The van der Waals surface area contributed by atoms with E-state index in [0.717, 1.165) is 12.3 Å². The van der Waals surface area contributed by atoms with Gasteiger partial charge in [0.05, 0.1) is 22.9 Å². The van der Waals surface area contributed by atoms with Crippen LogP contribution in [-0.2, 0) is 9.59 Å². The number of para-hydroxylation sites is 1. The summed E-state index contributed by atoms with van der Waals surface area (Å²) in [5.41, 5.74) is 0.509. The Morgan fingerprint density at radius 3 is 2.90 bits per heavy atom. The van der Waals surface area contributed by atoms with Gasteiger partial charge in [0.1, 0.15) is 23.3 Å². The number of hydrogen-bond donors (Lipinski definition) is 1. The Morgan fingerprint density at radius 1 is 1.19 bits per heavy atom. The second-order valence-electron chi connectivity index (χ2n) is 6.29. The van der Waals surface area contributed by atoms with Crippen molar-refractivity contribution < 1.29 is 19.1 Å². The van der Waals surface area contributed by atoms with Gasteiger partial charge in [-0.25, -0.2) is 20.3 Å². The standard InChI is InChI=1S/C21H15ClN5O4/c1-30-16-8-13-7-14-20(16)25-11-26-21(14)27-19-12(3-2-4-15(19)22)9-24-17(28)5-6-23-18(29)10-31-13/h2-9,11H,10H2,1H3,(H,24,28)/b6-5+,12-9-,27-19-. The molecule has 155 valence electrons. The van der Waals surface area contributed by atoms with Crippen LogP contribution in [0.15, 0.2) is 53.9 Å². The maximum Gasteiger partial charge on any atom is 0.283 e. The molecule has 0 saturated heterocycles. The number of rotatable bonds is 1. The van der Waals surface area contributed by atoms with Gasteiger partial charge >= 0.3 is 0 Å². The normalized spacial score (nSPS) is 17.2. The Balaban J connectivity index is 2.01. The Bertz CT molecular complexity index is 1340. The van der Waals surface area contributed by atoms with Crippen LogP contribution in [0.25, 0.3) is 17.1 Å². The molecule has 1 aliphatic heterocycles. The fourth-order valence-electron chi connectivity index (χ4n) is 2.86. The van der Waals surface area contributed by atoms with Crippen molar-refractivity contribution in [2.75, 3.05) is 13.7 Å². The van der Waals surface area contributed by atoms with E-state index in [1.807, 2.05) is 0 Å². The average Bonchev–Trinajstić information content (AvgIpc) is 2.77. The molecule has 0 atom stereocenters. The summed E-state index contributed by atoms with van der Waals surface area (Å²) in [6.07, 6.45) is 5.05. The molecule has 1 N–H and O–H groups in total. The Hall–Kier alpha value is -3.98. The summed E-state index contributed by atoms with van der Waals surface area (Å²) >= 11 is 6.39. The highest BCUT2D eigenvalue weighted by Gasteiger charge is 2.13. The van der Waals surface area contributed by atoms with Gasteiger partial charge < -0.3 is 14.8 Å². The molecule has 10 heteroatoms. The molecule has 2 amide bonds. The predicted octanol–water partition coefficient (Wildman–Crippen LogP) is 1.13. The van der Waals surface area contributed by atoms with Crippen LogP contribution in [0.2, 0.25) is 5.02 Å². The fourth-order valence-corrected chi connectivity index (χ4v) is 3.09. The minimum atomic E-state index is -0.564. The second kappa shape index (κ2) is 8.80. The van der Waals surface area contributed by atoms with E-state index in [4.69, 9.17) is 21.1 Å². The first-order chi connectivity index (χ1) is 15.0. The number of nitrogens with zero attached hydrogens (tertiary/aromatic N) is 4. The van der Waals surface area contributed by atoms with Crippen LogP contribution < -0.4 is 30.7 Å². The molecule has 0 aliphatic carbocycles. The second-order valence-corrected chi connectivity index (χ2v) is 6.70. The highest BCUT2D eigenvalue weighted by atomic mass is 35.5. The van der Waals surface area contributed by atoms with Crippen LogP contribution >= 0.6 is 11.6 Å². The zero-order valence-corrected chi connectivity index (χ0v) is 17.0. The van der Waals surface area contributed by atoms with E-state index < -0.39 is 11.8 Å². The van der Waals surface area contributed by atoms with Crippen LogP contribution in [0.5, 0.6) is 11.5 Å². The minimum Gasteiger partial charge on any atom is -0.494 e. The van der Waals surface area contributed by atoms with Gasteiger partial charge in [-0.15, -0.1) is 0 Å². The van der Waals surface area contributed by atoms with E-state index >= 15 is 0 Å². The summed E-state index contributed by atoms with van der Waals surface area (Å²) in [6.45, 7) is -0.332. The third-order valence-corrected chi connectivity index (χ3v) is 4.59. The number of nitrogens with one attached hydrogen (secondary N) is 1. The Kier molecular flexibility index (Phi) is 5.76. The summed E-state index contributed by atoms with van der Waals surface area (Å²) in [6, 6.07) is 8.42. The molecule has 1 aliphatic rings. The lowest BCUT2D eigenvalue weighted by atomic mass is 10.2. The first-order valence-electron chi connectivity index (χ1n) is 9.05. The van der Waals surface area contributed by atoms with Crippen LogP contribution in [-0.4, -0.2) is 35.5 Å². The van der Waals surface area contributed by atoms with Crippen molar-refractivity contribution in [2.24, 2.45) is 4.99 Å². The molecule has 0 spiro atoms. The molecular weight excluding hydrogens is 422 g/mol. The molecule has 2 bridgehead atoms. The van der Waals surface area contributed by atoms with Crippen molar-refractivity contribution in [3.63, 3.8) is 0 Å². The van der Waals surface area contributed by atoms with E-state index in [-0.39, 0.29) is 6.61 Å². The first-order valence-corrected chi connectivity index (χ1v) is 9.42. The van der Waals surface area contributed by atoms with Gasteiger partial charge in [-0.3, -0.25) is 9.59 Å². The van der Waals surface area contributed by atoms with Crippen molar-refractivity contribution in [3.8, 4) is 11.5 Å². The largest absolute Gasteiger partial charge is 0.494 e. The number of halogens is 1. The zero-order valence-electron chi connectivity index (χ0n) is 16.2. The number of fused-ring (bicyclic) bond motifs is 2. The van der Waals surface area contributed by atoms with Gasteiger partial charge in [-0.05, 0) is 12.1 Å². The minimum absolute atomic E-state index is 0.311. The number of carbonyl (C=O) groups excluding carboxylic acids is 2. The number of amides is 2. The number of methoxy groups -OCH3 is 1. The van der Waals surface area contributed by atoms with Gasteiger partial charge in [0.15, 0.2) is 12.4 Å². The van der Waals surface area contributed by atoms with E-state index in [9.17, 15) is 9.59 Å². The monoisotopic (exact) mass is 436 g/mol. The highest BCUT2D eigenvalue weighted by Crippen LogP contribution is 2.33. The van der Waals surface area contributed by atoms with Crippen LogP contribution in [0.3, 0.4) is 0 Å². The molecule has 4 rings (SSSR count). The lowest BCUT2D eigenvalue weighted by Gasteiger charge is -2.10. The van der Waals surface area contributed by atoms with Gasteiger partial charge in [0.25, 0.3) is 5.91 Å². The third kappa shape index (κ3) is 4.46. The van der Waals surface area contributed by atoms with Gasteiger partial charge in [0.2, 0.25) is 5.91 Å². The summed E-state index contributed by atoms with van der Waals surface area (Å²) in [5, 5.41) is 8.12. The first kappa shape index (κ1) is 20.3. The number of aromatic nitrogens is 2. The average molecular weight is 437 g/mol. The summed E-state index contributed by atoms with van der Waals surface area (Å²) < 4.78 is 11.0. The number of ether oxygens (including phenoxy) is 2. The molecule has 31 heavy (non-hydrogen) atoms. The van der Waals surface area contributed by atoms with Crippen LogP contribution in [0.4, 0.5) is 5.82 Å². The van der Waals surface area contributed by atoms with E-state index in [2.05, 4.69) is 25.6 Å². The van der Waals surface area contributed by atoms with Crippen molar-refractivity contribution in [2.45, 2.75) is 0 Å². The fraction of sp³-hybridized carbons (Fsp3) is 0.0952. The lowest BCUT2D eigenvalue weighted by Crippen LogP contribution is -2.30. The molecule has 1 radical (unpaired) electrons. The topological polar surface area (TPSA) is 117 Å². The van der Waals surface area contributed by atoms with Crippen LogP contribution in [0, 0.1) is 0 Å². The maximum atomic E-state index is 12.0. The van der Waals surface area contributed by atoms with Crippen molar-refractivity contribution >= 4 is 46.3 Å². The van der Waals surface area contributed by atoms with E-state index in [1.165, 1.54) is 19.6 Å². The number of benzene rings is 2. The summed E-state index contributed by atoms with van der Waals surface area (Å²) in [4.78, 5) is 37.1. The smallest absolute Gasteiger partial charge is 0.283 e. The predicted molar refractivity (Wildman–Crippen MR) is 112 cm³/mol. The molecule has 3 aromatic rings. The zero-order chi connectivity index (χ0) is 21.8. The van der Waals surface area contributed by atoms with Gasteiger partial charge in [-0.2, -0.15) is 0 Å². The van der Waals surface area contributed by atoms with Crippen molar-refractivity contribution in [1.29, 1.82) is 0 Å². The van der Waals surface area contributed by atoms with E-state index in [1.54, 1.807) is 30.3 Å². The van der Waals surface area contributed by atoms with Gasteiger partial charge in [0, 0.05) is 29.8 Å². The molecule has 0 saturated carbocycles. The third-order valence-electron chi connectivity index (χ3n) is 4.29. The van der Waals surface area contributed by atoms with Crippen LogP contribution in [0.1, 0.15) is 0 Å². The van der Waals surface area contributed by atoms with Crippen molar-refractivity contribution in [3.05, 3.63) is 64.5 Å². The van der Waals surface area contributed by atoms with E-state index in [0.29, 0.717) is 43.8 Å². The molecule has 9 nitrogen and oxygen atoms in total. The molecule has 2 heterocycles. The number of carbonyl (C=O) groups is 2. The molecule has 0 fully saturated rings. The van der Waals surface area contributed by atoms with Crippen molar-refractivity contribution in [1.82, 2.24) is 20.6 Å². The Labute approximate surface area is 181 Å². The SMILES string of the molecule is COc1cc2cc3c(ncnc13)/N=c1\c(Cl)ccc\c1=C\NC(=O)/C=C/[N]C(=O)CO2. The number of hydrogen-bond acceptors (Lipinski definition) is 7. The summed E-state index contributed by atoms with van der Waals surface area (Å²) in [5.74, 6) is 0.0418. The summed E-state index contributed by atoms with van der Waals surface area (Å²) in [7, 11) is 1.50. The highest BCUT2D eigenvalue weighted by molar-refractivity contribution is 6.30. The Morgan fingerprint density at radius 2 is 2.06 bits per heavy atom. The maximum absolute atomic E-state index is 12.0. The van der Waals surface area contributed by atoms with Gasteiger partial charge in [-0.1, -0.05) is 23.7 Å². The quantitative estimate of drug-likeness (QED) is 0.611.